The summed E-state index contributed by atoms with van der Waals surface area (Å²) in [4.78, 5) is 0. The Balaban J connectivity index is 2.11. The van der Waals surface area contributed by atoms with Crippen molar-refractivity contribution in [3.8, 4) is 22.6 Å². The first-order valence-corrected chi connectivity index (χ1v) is 8.26. The second kappa shape index (κ2) is 6.46. The first kappa shape index (κ1) is 15.5. The van der Waals surface area contributed by atoms with Crippen LogP contribution < -0.4 is 4.74 Å². The van der Waals surface area contributed by atoms with Crippen molar-refractivity contribution in [3.05, 3.63) is 72.8 Å². The van der Waals surface area contributed by atoms with Gasteiger partial charge in [-0.25, -0.2) is 0 Å². The van der Waals surface area contributed by atoms with Crippen molar-refractivity contribution < 1.29 is 14.9 Å². The predicted octanol–water partition coefficient (Wildman–Crippen LogP) is 4.74. The molecule has 0 saturated heterocycles. The summed E-state index contributed by atoms with van der Waals surface area (Å²) in [6, 6.07) is 23.5. The van der Waals surface area contributed by atoms with Gasteiger partial charge in [0.05, 0.1) is 6.61 Å². The minimum absolute atomic E-state index is 0.0617. The molecule has 0 saturated carbocycles. The van der Waals surface area contributed by atoms with Gasteiger partial charge in [-0.05, 0) is 33.7 Å². The van der Waals surface area contributed by atoms with Crippen LogP contribution in [0.2, 0.25) is 0 Å². The molecule has 0 unspecified atom stereocenters. The van der Waals surface area contributed by atoms with Crippen LogP contribution in [0.25, 0.3) is 32.7 Å². The molecule has 2 N–H and O–H groups in total. The number of benzene rings is 4. The van der Waals surface area contributed by atoms with E-state index in [4.69, 9.17) is 9.84 Å². The molecule has 0 atom stereocenters. The highest BCUT2D eigenvalue weighted by Gasteiger charge is 2.17. The average Bonchev–Trinajstić information content (AvgIpc) is 2.66. The number of phenols is 1. The largest absolute Gasteiger partial charge is 0.507 e. The number of aliphatic hydroxyl groups excluding tert-OH is 1. The van der Waals surface area contributed by atoms with Gasteiger partial charge in [0.15, 0.2) is 0 Å². The lowest BCUT2D eigenvalue weighted by atomic mass is 9.92. The zero-order valence-electron chi connectivity index (χ0n) is 13.6. The van der Waals surface area contributed by atoms with E-state index in [1.54, 1.807) is 6.07 Å². The molecule has 0 aromatic heterocycles. The summed E-state index contributed by atoms with van der Waals surface area (Å²) >= 11 is 0. The van der Waals surface area contributed by atoms with Gasteiger partial charge in [0.25, 0.3) is 0 Å². The Hall–Kier alpha value is -3.04. The molecule has 124 valence electrons. The number of ether oxygens (including phenoxy) is 1. The number of phenolic OH excluding ortho intramolecular Hbond substituents is 1. The maximum atomic E-state index is 10.7. The van der Waals surface area contributed by atoms with E-state index < -0.39 is 0 Å². The Kier molecular flexibility index (Phi) is 4.00. The van der Waals surface area contributed by atoms with Crippen LogP contribution in [0.1, 0.15) is 0 Å². The summed E-state index contributed by atoms with van der Waals surface area (Å²) in [5.41, 5.74) is 1.60. The van der Waals surface area contributed by atoms with E-state index >= 15 is 0 Å². The van der Waals surface area contributed by atoms with Crippen molar-refractivity contribution in [1.29, 1.82) is 0 Å². The van der Waals surface area contributed by atoms with Gasteiger partial charge in [-0.2, -0.15) is 0 Å². The molecular formula is C22H18O3. The molecule has 0 aliphatic heterocycles. The standard InChI is InChI=1S/C22H18O3/c23-13-14-25-20-12-10-16-6-2-4-8-18(16)22(20)21-17-7-3-1-5-15(17)9-11-19(21)24/h1-12,23-24H,13-14H2. The fourth-order valence-corrected chi connectivity index (χ4v) is 3.31. The average molecular weight is 330 g/mol. The van der Waals surface area contributed by atoms with Crippen molar-refractivity contribution >= 4 is 21.5 Å². The molecule has 0 bridgehead atoms. The van der Waals surface area contributed by atoms with Crippen LogP contribution in [0, 0.1) is 0 Å². The SMILES string of the molecule is OCCOc1ccc2ccccc2c1-c1c(O)ccc2ccccc12. The van der Waals surface area contributed by atoms with Crippen molar-refractivity contribution in [1.82, 2.24) is 0 Å². The van der Waals surface area contributed by atoms with E-state index in [-0.39, 0.29) is 19.0 Å². The summed E-state index contributed by atoms with van der Waals surface area (Å²) in [5, 5.41) is 23.9. The molecule has 0 aliphatic rings. The number of rotatable bonds is 4. The topological polar surface area (TPSA) is 49.7 Å². The van der Waals surface area contributed by atoms with Crippen LogP contribution in [0.15, 0.2) is 72.8 Å². The van der Waals surface area contributed by atoms with Gasteiger partial charge in [0, 0.05) is 11.1 Å². The van der Waals surface area contributed by atoms with Gasteiger partial charge in [0.2, 0.25) is 0 Å². The normalized spacial score (nSPS) is 11.1. The lowest BCUT2D eigenvalue weighted by molar-refractivity contribution is 0.202. The third-order valence-electron chi connectivity index (χ3n) is 4.40. The maximum Gasteiger partial charge on any atom is 0.128 e. The molecular weight excluding hydrogens is 312 g/mol. The zero-order chi connectivity index (χ0) is 17.2. The van der Waals surface area contributed by atoms with Crippen LogP contribution in [-0.4, -0.2) is 23.4 Å². The smallest absolute Gasteiger partial charge is 0.128 e. The highest BCUT2D eigenvalue weighted by molar-refractivity contribution is 6.09. The van der Waals surface area contributed by atoms with Gasteiger partial charge in [-0.1, -0.05) is 60.7 Å². The first-order valence-electron chi connectivity index (χ1n) is 8.26. The Morgan fingerprint density at radius 3 is 1.96 bits per heavy atom. The maximum absolute atomic E-state index is 10.7. The van der Waals surface area contributed by atoms with Crippen LogP contribution in [0.5, 0.6) is 11.5 Å². The van der Waals surface area contributed by atoms with Gasteiger partial charge in [-0.3, -0.25) is 0 Å². The first-order chi connectivity index (χ1) is 12.3. The fraction of sp³-hybridized carbons (Fsp3) is 0.0909. The van der Waals surface area contributed by atoms with Crippen LogP contribution in [0.4, 0.5) is 0 Å². The number of aliphatic hydroxyl groups is 1. The van der Waals surface area contributed by atoms with Crippen molar-refractivity contribution in [2.45, 2.75) is 0 Å². The third-order valence-corrected chi connectivity index (χ3v) is 4.40. The number of hydrogen-bond acceptors (Lipinski definition) is 3. The summed E-state index contributed by atoms with van der Waals surface area (Å²) in [7, 11) is 0. The predicted molar refractivity (Wildman–Crippen MR) is 101 cm³/mol. The van der Waals surface area contributed by atoms with Gasteiger partial charge >= 0.3 is 0 Å². The number of aromatic hydroxyl groups is 1. The van der Waals surface area contributed by atoms with E-state index in [0.717, 1.165) is 32.7 Å². The minimum Gasteiger partial charge on any atom is -0.507 e. The fourth-order valence-electron chi connectivity index (χ4n) is 3.31. The van der Waals surface area contributed by atoms with Crippen molar-refractivity contribution in [2.24, 2.45) is 0 Å². The molecule has 4 rings (SSSR count). The monoisotopic (exact) mass is 330 g/mol. The molecule has 0 aliphatic carbocycles. The molecule has 3 nitrogen and oxygen atoms in total. The van der Waals surface area contributed by atoms with Gasteiger partial charge in [-0.15, -0.1) is 0 Å². The molecule has 0 fully saturated rings. The molecule has 4 aromatic carbocycles. The van der Waals surface area contributed by atoms with Crippen molar-refractivity contribution in [3.63, 3.8) is 0 Å². The molecule has 0 amide bonds. The van der Waals surface area contributed by atoms with Crippen LogP contribution >= 0.6 is 0 Å². The highest BCUT2D eigenvalue weighted by atomic mass is 16.5. The lowest BCUT2D eigenvalue weighted by Crippen LogP contribution is -2.03. The highest BCUT2D eigenvalue weighted by Crippen LogP contribution is 2.44. The summed E-state index contributed by atoms with van der Waals surface area (Å²) in [6.07, 6.45) is 0. The zero-order valence-corrected chi connectivity index (χ0v) is 13.6. The second-order valence-electron chi connectivity index (χ2n) is 5.91. The molecule has 0 radical (unpaired) electrons. The van der Waals surface area contributed by atoms with Crippen molar-refractivity contribution in [2.75, 3.05) is 13.2 Å². The lowest BCUT2D eigenvalue weighted by Gasteiger charge is -2.17. The molecule has 0 heterocycles. The van der Waals surface area contributed by atoms with E-state index in [0.29, 0.717) is 5.75 Å². The van der Waals surface area contributed by atoms with E-state index in [1.807, 2.05) is 66.7 Å². The van der Waals surface area contributed by atoms with Gasteiger partial charge in [0.1, 0.15) is 18.1 Å². The number of fused-ring (bicyclic) bond motifs is 2. The summed E-state index contributed by atoms with van der Waals surface area (Å²) in [5.74, 6) is 0.864. The van der Waals surface area contributed by atoms with Gasteiger partial charge < -0.3 is 14.9 Å². The van der Waals surface area contributed by atoms with E-state index in [1.165, 1.54) is 0 Å². The second-order valence-corrected chi connectivity index (χ2v) is 5.91. The number of hydrogen-bond donors (Lipinski definition) is 2. The van der Waals surface area contributed by atoms with E-state index in [9.17, 15) is 5.11 Å². The van der Waals surface area contributed by atoms with Crippen LogP contribution in [-0.2, 0) is 0 Å². The summed E-state index contributed by atoms with van der Waals surface area (Å²) in [6.45, 7) is 0.144. The minimum atomic E-state index is -0.0617. The molecule has 3 heteroatoms. The Bertz CT molecular complexity index is 1050. The molecule has 4 aromatic rings. The van der Waals surface area contributed by atoms with Crippen LogP contribution in [0.3, 0.4) is 0 Å². The Morgan fingerprint density at radius 1 is 0.680 bits per heavy atom. The molecule has 0 spiro atoms. The third kappa shape index (κ3) is 2.69. The summed E-state index contributed by atoms with van der Waals surface area (Å²) < 4.78 is 5.79. The quantitative estimate of drug-likeness (QED) is 0.568. The van der Waals surface area contributed by atoms with E-state index in [2.05, 4.69) is 0 Å². The Morgan fingerprint density at radius 2 is 1.28 bits per heavy atom. The Labute approximate surface area is 145 Å². The molecule has 25 heavy (non-hydrogen) atoms.